The summed E-state index contributed by atoms with van der Waals surface area (Å²) >= 11 is 5.98. The van der Waals surface area contributed by atoms with Gasteiger partial charge in [0, 0.05) is 11.6 Å². The van der Waals surface area contributed by atoms with Gasteiger partial charge in [-0.2, -0.15) is 0 Å². The number of benzene rings is 1. The molecule has 25 heavy (non-hydrogen) atoms. The second kappa shape index (κ2) is 7.65. The molecule has 132 valence electrons. The summed E-state index contributed by atoms with van der Waals surface area (Å²) < 4.78 is 6.39. The van der Waals surface area contributed by atoms with E-state index in [1.165, 1.54) is 12.0 Å². The quantitative estimate of drug-likeness (QED) is 0.779. The highest BCUT2D eigenvalue weighted by Gasteiger charge is 2.34. The Balaban J connectivity index is 1.74. The smallest absolute Gasteiger partial charge is 0.328 e. The molecule has 1 atom stereocenters. The molecule has 1 aliphatic rings. The van der Waals surface area contributed by atoms with Crippen LogP contribution in [0.2, 0.25) is 5.02 Å². The zero-order valence-electron chi connectivity index (χ0n) is 13.9. The van der Waals surface area contributed by atoms with E-state index in [0.717, 1.165) is 18.4 Å². The van der Waals surface area contributed by atoms with Crippen LogP contribution in [0.25, 0.3) is 0 Å². The highest BCUT2D eigenvalue weighted by molar-refractivity contribution is 6.30. The first kappa shape index (κ1) is 17.4. The maximum atomic E-state index is 12.7. The molecule has 0 spiro atoms. The van der Waals surface area contributed by atoms with E-state index in [9.17, 15) is 9.59 Å². The fourth-order valence-corrected chi connectivity index (χ4v) is 3.21. The molecule has 1 saturated heterocycles. The highest BCUT2D eigenvalue weighted by Crippen LogP contribution is 2.20. The van der Waals surface area contributed by atoms with Gasteiger partial charge in [0.1, 0.15) is 6.04 Å². The topological polar surface area (TPSA) is 77.3 Å². The minimum absolute atomic E-state index is 0.220. The summed E-state index contributed by atoms with van der Waals surface area (Å²) in [5.41, 5.74) is 1.18. The van der Waals surface area contributed by atoms with Crippen molar-refractivity contribution >= 4 is 23.5 Å². The zero-order valence-corrected chi connectivity index (χ0v) is 14.6. The van der Waals surface area contributed by atoms with Gasteiger partial charge in [0.25, 0.3) is 5.91 Å². The van der Waals surface area contributed by atoms with Gasteiger partial charge in [-0.25, -0.2) is 9.48 Å². The van der Waals surface area contributed by atoms with Crippen molar-refractivity contribution in [2.45, 2.75) is 31.8 Å². The fraction of sp³-hybridized carbons (Fsp3) is 0.412. The van der Waals surface area contributed by atoms with Crippen LogP contribution in [-0.4, -0.2) is 51.5 Å². The second-order valence-electron chi connectivity index (χ2n) is 5.96. The number of halogens is 1. The summed E-state index contributed by atoms with van der Waals surface area (Å²) in [7, 11) is 1.33. The Bertz CT molecular complexity index is 777. The number of hydrogen-bond acceptors (Lipinski definition) is 5. The van der Waals surface area contributed by atoms with E-state index in [0.29, 0.717) is 24.5 Å². The zero-order chi connectivity index (χ0) is 17.8. The summed E-state index contributed by atoms with van der Waals surface area (Å²) in [6.07, 6.45) is 3.95. The van der Waals surface area contributed by atoms with Crippen LogP contribution in [-0.2, 0) is 16.1 Å². The molecule has 0 radical (unpaired) electrons. The molecule has 0 N–H and O–H groups in total. The van der Waals surface area contributed by atoms with Gasteiger partial charge in [0.15, 0.2) is 5.69 Å². The second-order valence-corrected chi connectivity index (χ2v) is 6.40. The van der Waals surface area contributed by atoms with Gasteiger partial charge in [-0.15, -0.1) is 5.10 Å². The summed E-state index contributed by atoms with van der Waals surface area (Å²) in [5, 5.41) is 8.61. The summed E-state index contributed by atoms with van der Waals surface area (Å²) in [6, 6.07) is 6.86. The third kappa shape index (κ3) is 3.99. The lowest BCUT2D eigenvalue weighted by Crippen LogP contribution is -2.48. The van der Waals surface area contributed by atoms with Crippen LogP contribution in [0.4, 0.5) is 0 Å². The van der Waals surface area contributed by atoms with E-state index in [1.807, 2.05) is 18.2 Å². The van der Waals surface area contributed by atoms with Crippen LogP contribution in [0.5, 0.6) is 0 Å². The van der Waals surface area contributed by atoms with Crippen LogP contribution in [0.3, 0.4) is 0 Å². The molecule has 2 heterocycles. The lowest BCUT2D eigenvalue weighted by Gasteiger charge is -2.33. The van der Waals surface area contributed by atoms with Crippen LogP contribution in [0.15, 0.2) is 30.5 Å². The van der Waals surface area contributed by atoms with E-state index in [-0.39, 0.29) is 17.6 Å². The molecule has 1 unspecified atom stereocenters. The fourth-order valence-electron chi connectivity index (χ4n) is 3.00. The molecule has 1 amide bonds. The predicted octanol–water partition coefficient (Wildman–Crippen LogP) is 2.15. The predicted molar refractivity (Wildman–Crippen MR) is 91.3 cm³/mol. The molecule has 1 fully saturated rings. The van der Waals surface area contributed by atoms with Crippen LogP contribution >= 0.6 is 11.6 Å². The van der Waals surface area contributed by atoms with E-state index in [1.54, 1.807) is 16.9 Å². The number of esters is 1. The first-order chi connectivity index (χ1) is 12.1. The van der Waals surface area contributed by atoms with Crippen molar-refractivity contribution in [3.05, 3.63) is 46.7 Å². The average Bonchev–Trinajstić information content (AvgIpc) is 3.09. The minimum Gasteiger partial charge on any atom is -0.467 e. The van der Waals surface area contributed by atoms with Crippen molar-refractivity contribution in [2.24, 2.45) is 0 Å². The molecule has 0 bridgehead atoms. The van der Waals surface area contributed by atoms with Gasteiger partial charge < -0.3 is 9.64 Å². The lowest BCUT2D eigenvalue weighted by molar-refractivity contribution is -0.147. The Morgan fingerprint density at radius 2 is 2.20 bits per heavy atom. The number of carbonyl (C=O) groups is 2. The van der Waals surface area contributed by atoms with E-state index in [4.69, 9.17) is 16.3 Å². The summed E-state index contributed by atoms with van der Waals surface area (Å²) in [6.45, 7) is 0.973. The Morgan fingerprint density at radius 3 is 2.96 bits per heavy atom. The normalized spacial score (nSPS) is 17.4. The van der Waals surface area contributed by atoms with Crippen molar-refractivity contribution < 1.29 is 14.3 Å². The van der Waals surface area contributed by atoms with Crippen molar-refractivity contribution in [3.63, 3.8) is 0 Å². The molecule has 0 aliphatic carbocycles. The van der Waals surface area contributed by atoms with Crippen LogP contribution in [0, 0.1) is 0 Å². The molecule has 1 aromatic carbocycles. The van der Waals surface area contributed by atoms with Crippen molar-refractivity contribution in [3.8, 4) is 0 Å². The standard InChI is InChI=1S/C17H19ClN4O3/c1-25-17(24)15-7-2-3-8-22(15)16(23)14-11-21(20-19-14)10-12-5-4-6-13(18)9-12/h4-6,9,11,15H,2-3,7-8,10H2,1H3. The third-order valence-corrected chi connectivity index (χ3v) is 4.46. The monoisotopic (exact) mass is 362 g/mol. The SMILES string of the molecule is COC(=O)C1CCCCN1C(=O)c1cn(Cc2cccc(Cl)c2)nn1. The van der Waals surface area contributed by atoms with Crippen LogP contribution in [0.1, 0.15) is 35.3 Å². The van der Waals surface area contributed by atoms with Gasteiger partial charge in [-0.05, 0) is 37.0 Å². The van der Waals surface area contributed by atoms with Crippen LogP contribution < -0.4 is 0 Å². The first-order valence-corrected chi connectivity index (χ1v) is 8.49. The maximum Gasteiger partial charge on any atom is 0.328 e. The molecule has 2 aromatic rings. The summed E-state index contributed by atoms with van der Waals surface area (Å²) in [4.78, 5) is 26.2. The molecule has 1 aliphatic heterocycles. The molecule has 0 saturated carbocycles. The number of likely N-dealkylation sites (tertiary alicyclic amines) is 1. The molecule has 1 aromatic heterocycles. The third-order valence-electron chi connectivity index (χ3n) is 4.23. The number of aromatic nitrogens is 3. The van der Waals surface area contributed by atoms with E-state index < -0.39 is 6.04 Å². The Kier molecular flexibility index (Phi) is 5.33. The largest absolute Gasteiger partial charge is 0.467 e. The van der Waals surface area contributed by atoms with Gasteiger partial charge in [0.2, 0.25) is 0 Å². The van der Waals surface area contributed by atoms with Gasteiger partial charge in [-0.3, -0.25) is 4.79 Å². The lowest BCUT2D eigenvalue weighted by atomic mass is 10.0. The molecule has 7 nitrogen and oxygen atoms in total. The number of nitrogens with zero attached hydrogens (tertiary/aromatic N) is 4. The van der Waals surface area contributed by atoms with Gasteiger partial charge in [0.05, 0.1) is 19.9 Å². The number of hydrogen-bond donors (Lipinski definition) is 0. The number of carbonyl (C=O) groups excluding carboxylic acids is 2. The van der Waals surface area contributed by atoms with E-state index in [2.05, 4.69) is 10.3 Å². The van der Waals surface area contributed by atoms with Crippen molar-refractivity contribution in [1.29, 1.82) is 0 Å². The van der Waals surface area contributed by atoms with Gasteiger partial charge >= 0.3 is 5.97 Å². The molecule has 3 rings (SSSR count). The molecular weight excluding hydrogens is 344 g/mol. The highest BCUT2D eigenvalue weighted by atomic mass is 35.5. The number of amides is 1. The summed E-state index contributed by atoms with van der Waals surface area (Å²) in [5.74, 6) is -0.688. The first-order valence-electron chi connectivity index (χ1n) is 8.12. The number of piperidine rings is 1. The molecular formula is C17H19ClN4O3. The average molecular weight is 363 g/mol. The Hall–Kier alpha value is -2.41. The number of methoxy groups -OCH3 is 1. The Morgan fingerprint density at radius 1 is 1.36 bits per heavy atom. The number of ether oxygens (including phenoxy) is 1. The Labute approximate surface area is 150 Å². The minimum atomic E-state index is -0.552. The van der Waals surface area contributed by atoms with Crippen molar-refractivity contribution in [2.75, 3.05) is 13.7 Å². The van der Waals surface area contributed by atoms with E-state index >= 15 is 0 Å². The number of rotatable bonds is 4. The van der Waals surface area contributed by atoms with Crippen molar-refractivity contribution in [1.82, 2.24) is 19.9 Å². The maximum absolute atomic E-state index is 12.7. The van der Waals surface area contributed by atoms with Gasteiger partial charge in [-0.1, -0.05) is 28.9 Å². The molecule has 8 heteroatoms.